The van der Waals surface area contributed by atoms with Crippen LogP contribution in [0.25, 0.3) is 10.7 Å². The Bertz CT molecular complexity index is 437. The number of aromatic nitrogens is 3. The molecule has 1 atom stereocenters. The zero-order valence-corrected chi connectivity index (χ0v) is 10.1. The summed E-state index contributed by atoms with van der Waals surface area (Å²) < 4.78 is 5.15. The van der Waals surface area contributed by atoms with Crippen molar-refractivity contribution in [2.45, 2.75) is 26.3 Å². The highest BCUT2D eigenvalue weighted by atomic mass is 32.1. The molecule has 0 saturated heterocycles. The smallest absolute Gasteiger partial charge is 0.228 e. The molecular formula is C10H14N4OS. The zero-order chi connectivity index (χ0) is 11.5. The fraction of sp³-hybridized carbons (Fsp3) is 0.500. The lowest BCUT2D eigenvalue weighted by molar-refractivity contribution is 0.353. The van der Waals surface area contributed by atoms with Crippen LogP contribution in [0, 0.1) is 5.92 Å². The summed E-state index contributed by atoms with van der Waals surface area (Å²) in [5.41, 5.74) is 7.68. The van der Waals surface area contributed by atoms with Crippen LogP contribution in [0.5, 0.6) is 0 Å². The molecule has 0 radical (unpaired) electrons. The molecule has 16 heavy (non-hydrogen) atoms. The topological polar surface area (TPSA) is 77.8 Å². The molecule has 2 N–H and O–H groups in total. The molecule has 0 spiro atoms. The minimum absolute atomic E-state index is 0.0507. The molecule has 2 aromatic heterocycles. The average Bonchev–Trinajstić information content (AvgIpc) is 2.85. The van der Waals surface area contributed by atoms with Crippen LogP contribution >= 0.6 is 11.3 Å². The van der Waals surface area contributed by atoms with Gasteiger partial charge in [-0.15, -0.1) is 11.3 Å². The number of nitrogens with two attached hydrogens (primary N) is 1. The number of hydrogen-bond acceptors (Lipinski definition) is 6. The van der Waals surface area contributed by atoms with Gasteiger partial charge < -0.3 is 10.3 Å². The van der Waals surface area contributed by atoms with Crippen molar-refractivity contribution >= 4 is 11.3 Å². The third-order valence-electron chi connectivity index (χ3n) is 2.39. The largest absolute Gasteiger partial charge is 0.339 e. The predicted molar refractivity (Wildman–Crippen MR) is 61.9 cm³/mol. The van der Waals surface area contributed by atoms with Crippen molar-refractivity contribution in [2.24, 2.45) is 11.7 Å². The predicted octanol–water partition coefficient (Wildman–Crippen LogP) is 1.72. The van der Waals surface area contributed by atoms with Crippen LogP contribution in [0.2, 0.25) is 0 Å². The lowest BCUT2D eigenvalue weighted by Gasteiger charge is -2.11. The van der Waals surface area contributed by atoms with Gasteiger partial charge in [-0.25, -0.2) is 0 Å². The van der Waals surface area contributed by atoms with Gasteiger partial charge in [-0.3, -0.25) is 4.98 Å². The van der Waals surface area contributed by atoms with Crippen molar-refractivity contribution in [2.75, 3.05) is 0 Å². The number of thiazole rings is 1. The summed E-state index contributed by atoms with van der Waals surface area (Å²) in [7, 11) is 0. The molecule has 1 unspecified atom stereocenters. The normalized spacial score (nSPS) is 13.2. The molecule has 5 nitrogen and oxygen atoms in total. The molecular weight excluding hydrogens is 224 g/mol. The number of rotatable bonds is 4. The molecule has 0 fully saturated rings. The van der Waals surface area contributed by atoms with Gasteiger partial charge in [-0.05, 0) is 5.92 Å². The number of nitrogens with zero attached hydrogens (tertiary/aromatic N) is 3. The lowest BCUT2D eigenvalue weighted by atomic mass is 10.0. The minimum Gasteiger partial charge on any atom is -0.339 e. The lowest BCUT2D eigenvalue weighted by Crippen LogP contribution is -2.28. The average molecular weight is 238 g/mol. The van der Waals surface area contributed by atoms with E-state index in [-0.39, 0.29) is 6.04 Å². The molecule has 0 aliphatic rings. The zero-order valence-electron chi connectivity index (χ0n) is 9.25. The summed E-state index contributed by atoms with van der Waals surface area (Å²) in [5.74, 6) is 1.58. The van der Waals surface area contributed by atoms with Gasteiger partial charge in [-0.2, -0.15) is 4.98 Å². The Hall–Kier alpha value is -1.27. The second-order valence-corrected chi connectivity index (χ2v) is 4.88. The molecule has 2 aromatic rings. The van der Waals surface area contributed by atoms with Crippen molar-refractivity contribution < 1.29 is 4.52 Å². The molecule has 6 heteroatoms. The van der Waals surface area contributed by atoms with Gasteiger partial charge >= 0.3 is 0 Å². The Morgan fingerprint density at radius 1 is 1.50 bits per heavy atom. The van der Waals surface area contributed by atoms with E-state index in [1.165, 1.54) is 11.3 Å². The van der Waals surface area contributed by atoms with Gasteiger partial charge in [0.05, 0.1) is 10.4 Å². The van der Waals surface area contributed by atoms with Crippen molar-refractivity contribution in [3.8, 4) is 10.7 Å². The van der Waals surface area contributed by atoms with E-state index in [2.05, 4.69) is 29.0 Å². The Morgan fingerprint density at radius 3 is 2.94 bits per heavy atom. The molecule has 0 bridgehead atoms. The van der Waals surface area contributed by atoms with E-state index < -0.39 is 0 Å². The van der Waals surface area contributed by atoms with E-state index in [0.717, 1.165) is 4.88 Å². The second kappa shape index (κ2) is 4.71. The van der Waals surface area contributed by atoms with Gasteiger partial charge in [0, 0.05) is 18.7 Å². The van der Waals surface area contributed by atoms with E-state index in [1.54, 1.807) is 11.7 Å². The Balaban J connectivity index is 2.08. The fourth-order valence-corrected chi connectivity index (χ4v) is 1.75. The highest BCUT2D eigenvalue weighted by Gasteiger charge is 2.15. The minimum atomic E-state index is 0.0507. The highest BCUT2D eigenvalue weighted by molar-refractivity contribution is 7.13. The summed E-state index contributed by atoms with van der Waals surface area (Å²) in [4.78, 5) is 9.17. The molecule has 86 valence electrons. The third-order valence-corrected chi connectivity index (χ3v) is 3.16. The van der Waals surface area contributed by atoms with Crippen LogP contribution in [0.15, 0.2) is 16.2 Å². The molecule has 0 saturated carbocycles. The van der Waals surface area contributed by atoms with E-state index in [0.29, 0.717) is 24.1 Å². The molecule has 0 aromatic carbocycles. The summed E-state index contributed by atoms with van der Waals surface area (Å²) in [6, 6.07) is 0.0507. The molecule has 0 aliphatic heterocycles. The summed E-state index contributed by atoms with van der Waals surface area (Å²) in [6.45, 7) is 4.15. The van der Waals surface area contributed by atoms with Crippen molar-refractivity contribution in [1.29, 1.82) is 0 Å². The van der Waals surface area contributed by atoms with Crippen LogP contribution in [0.1, 0.15) is 19.7 Å². The number of hydrogen-bond donors (Lipinski definition) is 1. The molecule has 0 aliphatic carbocycles. The maximum Gasteiger partial charge on any atom is 0.228 e. The Labute approximate surface area is 97.7 Å². The van der Waals surface area contributed by atoms with Crippen molar-refractivity contribution in [1.82, 2.24) is 15.1 Å². The van der Waals surface area contributed by atoms with Crippen LogP contribution in [-0.2, 0) is 6.42 Å². The van der Waals surface area contributed by atoms with Crippen molar-refractivity contribution in [3.63, 3.8) is 0 Å². The van der Waals surface area contributed by atoms with Crippen molar-refractivity contribution in [3.05, 3.63) is 17.6 Å². The first kappa shape index (κ1) is 11.2. The molecule has 2 heterocycles. The fourth-order valence-electron chi connectivity index (χ4n) is 1.20. The monoisotopic (exact) mass is 238 g/mol. The van der Waals surface area contributed by atoms with E-state index in [9.17, 15) is 0 Å². The highest BCUT2D eigenvalue weighted by Crippen LogP contribution is 2.20. The summed E-state index contributed by atoms with van der Waals surface area (Å²) in [5, 5.41) is 3.90. The standard InChI is InChI=1S/C10H14N4OS/c1-6(2)7(11)3-9-13-10(14-15-9)8-4-12-5-16-8/h4-7H,3,11H2,1-2H3. The maximum absolute atomic E-state index is 5.94. The van der Waals surface area contributed by atoms with Gasteiger partial charge in [0.15, 0.2) is 0 Å². The first-order valence-corrected chi connectivity index (χ1v) is 6.02. The van der Waals surface area contributed by atoms with Gasteiger partial charge in [0.2, 0.25) is 11.7 Å². The Morgan fingerprint density at radius 2 is 2.31 bits per heavy atom. The SMILES string of the molecule is CC(C)C(N)Cc1nc(-c2cncs2)no1. The summed E-state index contributed by atoms with van der Waals surface area (Å²) >= 11 is 1.49. The van der Waals surface area contributed by atoms with Crippen LogP contribution in [0.4, 0.5) is 0 Å². The quantitative estimate of drug-likeness (QED) is 0.877. The van der Waals surface area contributed by atoms with Gasteiger partial charge in [-0.1, -0.05) is 19.0 Å². The second-order valence-electron chi connectivity index (χ2n) is 3.99. The van der Waals surface area contributed by atoms with Gasteiger partial charge in [0.25, 0.3) is 0 Å². The molecule has 2 rings (SSSR count). The van der Waals surface area contributed by atoms with Crippen LogP contribution in [-0.4, -0.2) is 21.2 Å². The van der Waals surface area contributed by atoms with Crippen LogP contribution < -0.4 is 5.73 Å². The maximum atomic E-state index is 5.94. The van der Waals surface area contributed by atoms with Crippen LogP contribution in [0.3, 0.4) is 0 Å². The Kier molecular flexibility index (Phi) is 3.31. The van der Waals surface area contributed by atoms with Gasteiger partial charge in [0.1, 0.15) is 0 Å². The van der Waals surface area contributed by atoms with E-state index in [4.69, 9.17) is 10.3 Å². The third kappa shape index (κ3) is 2.45. The van der Waals surface area contributed by atoms with E-state index >= 15 is 0 Å². The summed E-state index contributed by atoms with van der Waals surface area (Å²) in [6.07, 6.45) is 2.34. The van der Waals surface area contributed by atoms with E-state index in [1.807, 2.05) is 0 Å². The molecule has 0 amide bonds. The first-order chi connectivity index (χ1) is 7.66. The first-order valence-electron chi connectivity index (χ1n) is 5.14.